The summed E-state index contributed by atoms with van der Waals surface area (Å²) in [7, 11) is 0. The van der Waals surface area contributed by atoms with Gasteiger partial charge in [-0.1, -0.05) is 6.92 Å². The number of nitrogens with zero attached hydrogens (tertiary/aromatic N) is 2. The molecule has 0 aliphatic heterocycles. The number of aliphatic hydroxyl groups is 1. The third-order valence-corrected chi connectivity index (χ3v) is 6.34. The fraction of sp³-hybridized carbons (Fsp3) is 0.346. The van der Waals surface area contributed by atoms with Crippen LogP contribution in [0.3, 0.4) is 0 Å². The lowest BCUT2D eigenvalue weighted by Gasteiger charge is -2.32. The Balaban J connectivity index is 1.63. The Morgan fingerprint density at radius 1 is 1.11 bits per heavy atom. The number of carbonyl (C=O) groups is 1. The van der Waals surface area contributed by atoms with Crippen LogP contribution in [-0.2, 0) is 6.42 Å². The predicted molar refractivity (Wildman–Crippen MR) is 126 cm³/mol. The van der Waals surface area contributed by atoms with E-state index in [0.717, 1.165) is 49.1 Å². The van der Waals surface area contributed by atoms with Crippen LogP contribution in [0.5, 0.6) is 0 Å². The zero-order valence-corrected chi connectivity index (χ0v) is 19.3. The predicted octanol–water partition coefficient (Wildman–Crippen LogP) is 4.58. The summed E-state index contributed by atoms with van der Waals surface area (Å²) in [5.74, 6) is -3.11. The van der Waals surface area contributed by atoms with Crippen molar-refractivity contribution in [3.63, 3.8) is 0 Å². The van der Waals surface area contributed by atoms with E-state index in [1.165, 1.54) is 6.20 Å². The Bertz CT molecular complexity index is 1200. The minimum atomic E-state index is -1.03. The van der Waals surface area contributed by atoms with Crippen LogP contribution in [0.4, 0.5) is 18.9 Å². The van der Waals surface area contributed by atoms with Gasteiger partial charge in [0.05, 0.1) is 17.4 Å². The third-order valence-electron chi connectivity index (χ3n) is 6.34. The minimum absolute atomic E-state index is 0.0462. The second kappa shape index (κ2) is 10.5. The van der Waals surface area contributed by atoms with Crippen molar-refractivity contribution in [1.29, 1.82) is 0 Å². The number of anilines is 1. The third kappa shape index (κ3) is 5.52. The van der Waals surface area contributed by atoms with E-state index in [0.29, 0.717) is 11.6 Å². The van der Waals surface area contributed by atoms with Crippen molar-refractivity contribution >= 4 is 11.6 Å². The van der Waals surface area contributed by atoms with Crippen LogP contribution in [0, 0.1) is 23.4 Å². The highest BCUT2D eigenvalue weighted by atomic mass is 19.1. The van der Waals surface area contributed by atoms with Gasteiger partial charge in [-0.2, -0.15) is 0 Å². The lowest BCUT2D eigenvalue weighted by molar-refractivity contribution is 0.102. The normalized spacial score (nSPS) is 20.0. The Morgan fingerprint density at radius 2 is 1.86 bits per heavy atom. The van der Waals surface area contributed by atoms with Crippen molar-refractivity contribution in [2.45, 2.75) is 44.6 Å². The molecule has 35 heavy (non-hydrogen) atoms. The van der Waals surface area contributed by atoms with E-state index in [1.54, 1.807) is 6.20 Å². The monoisotopic (exact) mass is 484 g/mol. The van der Waals surface area contributed by atoms with Crippen molar-refractivity contribution < 1.29 is 23.1 Å². The molecule has 0 unspecified atom stereocenters. The molecule has 1 aliphatic carbocycles. The van der Waals surface area contributed by atoms with Crippen LogP contribution in [0.25, 0.3) is 11.3 Å². The summed E-state index contributed by atoms with van der Waals surface area (Å²) < 4.78 is 43.9. The summed E-state index contributed by atoms with van der Waals surface area (Å²) in [5.41, 5.74) is 6.33. The number of pyridine rings is 2. The van der Waals surface area contributed by atoms with Crippen LogP contribution in [0.2, 0.25) is 0 Å². The molecule has 3 aromatic rings. The van der Waals surface area contributed by atoms with Gasteiger partial charge in [-0.15, -0.1) is 0 Å². The summed E-state index contributed by atoms with van der Waals surface area (Å²) in [6.07, 6.45) is 5.87. The molecule has 1 aliphatic rings. The SMILES string of the molecule is C[C@@H]1C[C@H](N)C[C@H](c2ccncc2NC(=O)c2ccc(F)c(-c3c(F)cc(CCO)cc3F)n2)C1. The highest BCUT2D eigenvalue weighted by Crippen LogP contribution is 2.38. The van der Waals surface area contributed by atoms with Gasteiger partial charge >= 0.3 is 0 Å². The number of aromatic nitrogens is 2. The molecule has 2 aromatic heterocycles. The summed E-state index contributed by atoms with van der Waals surface area (Å²) in [5, 5.41) is 11.8. The van der Waals surface area contributed by atoms with Crippen LogP contribution < -0.4 is 11.1 Å². The molecular weight excluding hydrogens is 457 g/mol. The van der Waals surface area contributed by atoms with Crippen molar-refractivity contribution in [2.75, 3.05) is 11.9 Å². The summed E-state index contributed by atoms with van der Waals surface area (Å²) in [6.45, 7) is 1.85. The minimum Gasteiger partial charge on any atom is -0.396 e. The summed E-state index contributed by atoms with van der Waals surface area (Å²) >= 11 is 0. The van der Waals surface area contributed by atoms with Crippen molar-refractivity contribution in [2.24, 2.45) is 11.7 Å². The van der Waals surface area contributed by atoms with E-state index in [4.69, 9.17) is 10.8 Å². The number of nitrogens with one attached hydrogen (secondary N) is 1. The average molecular weight is 485 g/mol. The van der Waals surface area contributed by atoms with E-state index in [1.807, 2.05) is 6.07 Å². The van der Waals surface area contributed by atoms with Gasteiger partial charge in [-0.3, -0.25) is 9.78 Å². The van der Waals surface area contributed by atoms with E-state index in [2.05, 4.69) is 22.2 Å². The lowest BCUT2D eigenvalue weighted by Crippen LogP contribution is -2.31. The second-order valence-electron chi connectivity index (χ2n) is 9.12. The van der Waals surface area contributed by atoms with Gasteiger partial charge in [0.15, 0.2) is 0 Å². The first-order valence-electron chi connectivity index (χ1n) is 11.5. The molecule has 0 bridgehead atoms. The molecule has 1 amide bonds. The van der Waals surface area contributed by atoms with Crippen LogP contribution in [0.15, 0.2) is 42.7 Å². The maximum atomic E-state index is 14.7. The van der Waals surface area contributed by atoms with Crippen molar-refractivity contribution in [3.05, 3.63) is 77.0 Å². The zero-order valence-electron chi connectivity index (χ0n) is 19.3. The Labute approximate surface area is 201 Å². The number of rotatable bonds is 6. The van der Waals surface area contributed by atoms with Crippen LogP contribution in [-0.4, -0.2) is 33.6 Å². The number of aliphatic hydroxyl groups excluding tert-OH is 1. The molecule has 3 atom stereocenters. The molecule has 0 saturated heterocycles. The number of amides is 1. The van der Waals surface area contributed by atoms with Crippen LogP contribution >= 0.6 is 0 Å². The van der Waals surface area contributed by atoms with Crippen molar-refractivity contribution in [1.82, 2.24) is 9.97 Å². The van der Waals surface area contributed by atoms with E-state index in [9.17, 15) is 18.0 Å². The summed E-state index contributed by atoms with van der Waals surface area (Å²) in [6, 6.07) is 6.03. The first kappa shape index (κ1) is 24.8. The number of hydrogen-bond donors (Lipinski definition) is 3. The van der Waals surface area contributed by atoms with Gasteiger partial charge in [0.1, 0.15) is 28.8 Å². The van der Waals surface area contributed by atoms with Gasteiger partial charge < -0.3 is 16.2 Å². The highest BCUT2D eigenvalue weighted by Gasteiger charge is 2.28. The standard InChI is InChI=1S/C26H27F3N4O2/c1-14-8-16(12-17(30)9-14)18-4-6-31-13-23(18)33-26(35)22-3-2-19(27)25(32-22)24-20(28)10-15(5-7-34)11-21(24)29/h2-4,6,10-11,13-14,16-17,34H,5,7-9,12,30H2,1H3,(H,33,35)/t14-,16+,17-/m0/s1. The number of nitrogens with two attached hydrogens (primary N) is 1. The zero-order chi connectivity index (χ0) is 25.1. The van der Waals surface area contributed by atoms with Gasteiger partial charge in [0.2, 0.25) is 0 Å². The molecule has 4 rings (SSSR count). The number of carbonyl (C=O) groups excluding carboxylic acids is 1. The molecule has 1 saturated carbocycles. The number of hydrogen-bond acceptors (Lipinski definition) is 5. The average Bonchev–Trinajstić information content (AvgIpc) is 2.79. The quantitative estimate of drug-likeness (QED) is 0.476. The Hall–Kier alpha value is -3.30. The van der Waals surface area contributed by atoms with Crippen molar-refractivity contribution in [3.8, 4) is 11.3 Å². The van der Waals surface area contributed by atoms with Gasteiger partial charge in [0, 0.05) is 18.8 Å². The fourth-order valence-corrected chi connectivity index (χ4v) is 4.83. The second-order valence-corrected chi connectivity index (χ2v) is 9.12. The molecule has 0 spiro atoms. The van der Waals surface area contributed by atoms with Gasteiger partial charge in [-0.05, 0) is 79.0 Å². The van der Waals surface area contributed by atoms with Gasteiger partial charge in [-0.25, -0.2) is 18.2 Å². The number of benzene rings is 1. The molecule has 184 valence electrons. The first-order chi connectivity index (χ1) is 16.8. The molecule has 2 heterocycles. The number of halogens is 3. The lowest BCUT2D eigenvalue weighted by atomic mass is 9.76. The maximum absolute atomic E-state index is 14.7. The van der Waals surface area contributed by atoms with Gasteiger partial charge in [0.25, 0.3) is 5.91 Å². The van der Waals surface area contributed by atoms with E-state index in [-0.39, 0.29) is 36.2 Å². The molecule has 1 fully saturated rings. The topological polar surface area (TPSA) is 101 Å². The smallest absolute Gasteiger partial charge is 0.274 e. The Morgan fingerprint density at radius 3 is 2.54 bits per heavy atom. The molecule has 4 N–H and O–H groups in total. The molecule has 6 nitrogen and oxygen atoms in total. The highest BCUT2D eigenvalue weighted by molar-refractivity contribution is 6.03. The van der Waals surface area contributed by atoms with Crippen LogP contribution in [0.1, 0.15) is 53.7 Å². The fourth-order valence-electron chi connectivity index (χ4n) is 4.83. The Kier molecular flexibility index (Phi) is 7.47. The molecule has 0 radical (unpaired) electrons. The maximum Gasteiger partial charge on any atom is 0.274 e. The first-order valence-corrected chi connectivity index (χ1v) is 11.5. The summed E-state index contributed by atoms with van der Waals surface area (Å²) in [4.78, 5) is 21.1. The largest absolute Gasteiger partial charge is 0.396 e. The molecular formula is C26H27F3N4O2. The molecule has 1 aromatic carbocycles. The molecule has 9 heteroatoms. The van der Waals surface area contributed by atoms with E-state index >= 15 is 0 Å². The van der Waals surface area contributed by atoms with E-state index < -0.39 is 34.6 Å².